The molecule has 732 valence electrons. The number of esters is 10. The van der Waals surface area contributed by atoms with Gasteiger partial charge in [0.15, 0.2) is 0 Å². The summed E-state index contributed by atoms with van der Waals surface area (Å²) in [5.74, 6) is -17.5. The van der Waals surface area contributed by atoms with Crippen molar-refractivity contribution in [3.63, 3.8) is 0 Å². The molecule has 5 unspecified atom stereocenters. The standard InChI is InChI=1S/C20H23NO8.C19H21NO8.C18H19NO8.C17H18N2O8.C16H21NO8/c1-12(2)20(27)29-17(28-16(24)10-9-15(22)23)8-5-11-21-18(25)13-6-3-4-7-14(13)19(21)26;1-2-15(23)27-17(28-16(24)10-9-14(21)22)8-5-11-20-18(25)12-6-3-4-7-13(12)19(20)26;1-11(20)26-16(27-15(23)9-8-14(21)22)7-4-10-19-17(24)12-5-2-3-6-13(12)18(19)25;1-10(20)26-15(27-14(23)5-4-13(21)22)3-2-8-19-16(24)11-6-7-18-9-12(11)17(19)25;1-9-10(2)16(23)17(15(9)22)8-4-5-14(24-11(3)18)25-13(21)7-6-12(19)20/h3-4,6-7,12,17H,5,8-11H2,1-2H3,(H,22,23);3-4,6-7,17H,2,5,8-11H2,1H3,(H,21,22);2-3,5-6,16H,4,7-10H2,1H3,(H,21,22);6-7,9,15H,2-5,8H2,1H3,(H,21,22);14H,4-8H2,1-3H3,(H,19,20). The molecule has 0 aliphatic carbocycles. The normalized spacial score (nSPS) is 14.2. The zero-order chi connectivity index (χ0) is 101. The maximum absolute atomic E-state index is 12.4. The molecule has 0 saturated heterocycles. The van der Waals surface area contributed by atoms with Gasteiger partial charge in [-0.1, -0.05) is 57.2 Å². The van der Waals surface area contributed by atoms with Gasteiger partial charge in [0.25, 0.3) is 59.1 Å². The van der Waals surface area contributed by atoms with Crippen LogP contribution in [-0.4, -0.2) is 268 Å². The Morgan fingerprint density at radius 2 is 0.493 bits per heavy atom. The highest BCUT2D eigenvalue weighted by Crippen LogP contribution is 2.29. The van der Waals surface area contributed by atoms with Crippen LogP contribution in [0, 0.1) is 5.92 Å². The lowest BCUT2D eigenvalue weighted by Crippen LogP contribution is -2.33. The van der Waals surface area contributed by atoms with E-state index in [0.717, 1.165) is 45.3 Å². The van der Waals surface area contributed by atoms with E-state index in [1.165, 1.54) is 18.5 Å². The lowest BCUT2D eigenvalue weighted by Gasteiger charge is -2.20. The van der Waals surface area contributed by atoms with Crippen molar-refractivity contribution in [2.24, 2.45) is 5.92 Å². The molecule has 5 aliphatic heterocycles. The van der Waals surface area contributed by atoms with Crippen LogP contribution in [0.25, 0.3) is 0 Å². The summed E-state index contributed by atoms with van der Waals surface area (Å²) in [7, 11) is 0. The highest BCUT2D eigenvalue weighted by Gasteiger charge is 2.41. The minimum atomic E-state index is -1.22. The molecule has 10 amide bonds. The number of nitrogens with zero attached hydrogens (tertiary/aromatic N) is 6. The van der Waals surface area contributed by atoms with E-state index in [1.807, 2.05) is 0 Å². The molecule has 9 rings (SSSR count). The van der Waals surface area contributed by atoms with Crippen LogP contribution in [0.4, 0.5) is 0 Å². The summed E-state index contributed by atoms with van der Waals surface area (Å²) in [6.07, 6.45) is -5.56. The quantitative estimate of drug-likeness (QED) is 0.0134. The second kappa shape index (κ2) is 55.0. The van der Waals surface area contributed by atoms with E-state index in [2.05, 4.69) is 4.98 Å². The number of carbonyl (C=O) groups is 25. The molecule has 0 spiro atoms. The summed E-state index contributed by atoms with van der Waals surface area (Å²) < 4.78 is 49.7. The average molecular weight is 1910 g/mol. The van der Waals surface area contributed by atoms with Gasteiger partial charge < -0.3 is 72.9 Å². The Bertz CT molecular complexity index is 4950. The van der Waals surface area contributed by atoms with Crippen LogP contribution in [-0.2, 0) is 129 Å². The van der Waals surface area contributed by atoms with Gasteiger partial charge in [0.2, 0.25) is 31.5 Å². The second-order valence-corrected chi connectivity index (χ2v) is 30.2. The number of rotatable bonds is 47. The monoisotopic (exact) mass is 1910 g/mol. The van der Waals surface area contributed by atoms with Gasteiger partial charge in [-0.25, -0.2) is 0 Å². The number of aliphatic carboxylic acids is 5. The number of amides is 10. The van der Waals surface area contributed by atoms with Crippen molar-refractivity contribution in [1.82, 2.24) is 29.5 Å². The number of aromatic nitrogens is 1. The Morgan fingerprint density at radius 1 is 0.287 bits per heavy atom. The third-order valence-corrected chi connectivity index (χ3v) is 19.4. The van der Waals surface area contributed by atoms with Crippen molar-refractivity contribution in [2.75, 3.05) is 32.7 Å². The Balaban J connectivity index is 0.000000301. The van der Waals surface area contributed by atoms with Crippen LogP contribution < -0.4 is 0 Å². The molecule has 3 aromatic carbocycles. The van der Waals surface area contributed by atoms with E-state index in [1.54, 1.807) is 107 Å². The Hall–Kier alpha value is -15.7. The van der Waals surface area contributed by atoms with Gasteiger partial charge in [0.1, 0.15) is 0 Å². The molecular formula is C90H102N6O40. The van der Waals surface area contributed by atoms with Crippen molar-refractivity contribution < 1.29 is 193 Å². The third kappa shape index (κ3) is 35.8. The number of imide groups is 5. The molecule has 6 heterocycles. The predicted molar refractivity (Wildman–Crippen MR) is 453 cm³/mol. The summed E-state index contributed by atoms with van der Waals surface area (Å²) in [5, 5.41) is 42.9. The maximum atomic E-state index is 12.4. The van der Waals surface area contributed by atoms with Gasteiger partial charge in [-0.05, 0) is 88.4 Å². The zero-order valence-corrected chi connectivity index (χ0v) is 75.2. The molecule has 0 bridgehead atoms. The SMILES string of the molecule is CC(=O)OC(CCCN1C(=O)C(C)=C(C)C1=O)OC(=O)CCC(=O)O.CC(=O)OC(CCCN1C(=O)c2ccccc2C1=O)OC(=O)CCC(=O)O.CC(=O)OC(CCCN1C(=O)c2ccncc2C1=O)OC(=O)CCC(=O)O.CC(C)C(=O)OC(CCCN1C(=O)c2ccccc2C1=O)OC(=O)CCC(=O)O.CCC(=O)OC(CCCN1C(=O)c2ccccc2C1=O)OC(=O)CCC(=O)O. The molecular weight excluding hydrogens is 1800 g/mol. The Kier molecular flexibility index (Phi) is 44.8. The van der Waals surface area contributed by atoms with Gasteiger partial charge in [0, 0.05) is 116 Å². The molecule has 5 atom stereocenters. The molecule has 4 aromatic rings. The van der Waals surface area contributed by atoms with E-state index in [9.17, 15) is 120 Å². The van der Waals surface area contributed by atoms with Gasteiger partial charge in [-0.3, -0.25) is 149 Å². The highest BCUT2D eigenvalue weighted by molar-refractivity contribution is 6.24. The van der Waals surface area contributed by atoms with Crippen molar-refractivity contribution in [2.45, 2.75) is 222 Å². The fourth-order valence-corrected chi connectivity index (χ4v) is 12.6. The first-order valence-corrected chi connectivity index (χ1v) is 42.4. The first-order chi connectivity index (χ1) is 64.2. The molecule has 136 heavy (non-hydrogen) atoms. The molecule has 1 aromatic heterocycles. The van der Waals surface area contributed by atoms with Crippen molar-refractivity contribution >= 4 is 149 Å². The number of fused-ring (bicyclic) bond motifs is 4. The summed E-state index contributed by atoms with van der Waals surface area (Å²) >= 11 is 0. The first-order valence-electron chi connectivity index (χ1n) is 42.4. The predicted octanol–water partition coefficient (Wildman–Crippen LogP) is 6.63. The summed E-state index contributed by atoms with van der Waals surface area (Å²) in [6.45, 7) is 11.7. The van der Waals surface area contributed by atoms with Gasteiger partial charge in [0.05, 0.1) is 115 Å². The van der Waals surface area contributed by atoms with Gasteiger partial charge in [-0.15, -0.1) is 0 Å². The van der Waals surface area contributed by atoms with Crippen LogP contribution in [0.15, 0.2) is 102 Å². The largest absolute Gasteiger partial charge is 0.481 e. The van der Waals surface area contributed by atoms with Crippen molar-refractivity contribution in [3.05, 3.63) is 147 Å². The van der Waals surface area contributed by atoms with Crippen LogP contribution in [0.1, 0.15) is 273 Å². The van der Waals surface area contributed by atoms with E-state index in [4.69, 9.17) is 72.9 Å². The number of ether oxygens (including phenoxy) is 10. The van der Waals surface area contributed by atoms with Crippen molar-refractivity contribution in [1.29, 1.82) is 0 Å². The second-order valence-electron chi connectivity index (χ2n) is 30.2. The van der Waals surface area contributed by atoms with E-state index >= 15 is 0 Å². The van der Waals surface area contributed by atoms with E-state index in [0.29, 0.717) is 44.5 Å². The molecule has 46 nitrogen and oxygen atoms in total. The summed E-state index contributed by atoms with van der Waals surface area (Å²) in [6, 6.07) is 20.9. The molecule has 0 saturated carbocycles. The number of hydrogen-bond acceptors (Lipinski definition) is 36. The molecule has 5 N–H and O–H groups in total. The maximum Gasteiger partial charge on any atom is 0.311 e. The smallest absolute Gasteiger partial charge is 0.311 e. The summed E-state index contributed by atoms with van der Waals surface area (Å²) in [5.41, 5.74) is 3.27. The molecule has 0 fully saturated rings. The Labute approximate surface area is 775 Å². The minimum absolute atomic E-state index is 0.0385. The molecule has 0 radical (unpaired) electrons. The fraction of sp³-hybridized carbons (Fsp3) is 0.444. The number of hydrogen-bond donors (Lipinski definition) is 5. The minimum Gasteiger partial charge on any atom is -0.481 e. The van der Waals surface area contributed by atoms with Crippen LogP contribution >= 0.6 is 0 Å². The van der Waals surface area contributed by atoms with Gasteiger partial charge in [-0.2, -0.15) is 0 Å². The number of pyridine rings is 1. The highest BCUT2D eigenvalue weighted by atomic mass is 16.7. The van der Waals surface area contributed by atoms with E-state index < -0.39 is 206 Å². The Morgan fingerprint density at radius 3 is 0.706 bits per heavy atom. The fourth-order valence-electron chi connectivity index (χ4n) is 12.6. The third-order valence-electron chi connectivity index (χ3n) is 19.4. The zero-order valence-electron chi connectivity index (χ0n) is 75.2. The van der Waals surface area contributed by atoms with Crippen LogP contribution in [0.5, 0.6) is 0 Å². The number of carbonyl (C=O) groups excluding carboxylic acids is 20. The topological polar surface area (TPSA) is 649 Å². The summed E-state index contributed by atoms with van der Waals surface area (Å²) in [4.78, 5) is 299. The van der Waals surface area contributed by atoms with Gasteiger partial charge >= 0.3 is 89.5 Å². The number of carboxylic acid groups (broad SMARTS) is 5. The first kappa shape index (κ1) is 111. The average Bonchev–Trinajstić information content (AvgIpc) is 1.65. The molecule has 5 aliphatic rings. The molecule has 46 heteroatoms. The lowest BCUT2D eigenvalue weighted by atomic mass is 10.1. The van der Waals surface area contributed by atoms with Crippen LogP contribution in [0.2, 0.25) is 0 Å². The number of benzene rings is 3. The van der Waals surface area contributed by atoms with Crippen LogP contribution in [0.3, 0.4) is 0 Å². The van der Waals surface area contributed by atoms with Crippen molar-refractivity contribution in [3.8, 4) is 0 Å². The lowest BCUT2D eigenvalue weighted by molar-refractivity contribution is -0.193. The number of carboxylic acids is 5. The van der Waals surface area contributed by atoms with E-state index in [-0.39, 0.29) is 158 Å².